The van der Waals surface area contributed by atoms with Crippen LogP contribution in [0.1, 0.15) is 46.5 Å². The van der Waals surface area contributed by atoms with Gasteiger partial charge in [0.2, 0.25) is 0 Å². The van der Waals surface area contributed by atoms with Gasteiger partial charge in [0, 0.05) is 11.8 Å². The molecule has 0 aromatic rings. The maximum Gasteiger partial charge on any atom is 0.354 e. The number of hydrogen-bond acceptors (Lipinski definition) is 4. The molecule has 4 nitrogen and oxygen atoms in total. The van der Waals surface area contributed by atoms with Crippen molar-refractivity contribution in [3.63, 3.8) is 0 Å². The SMILES string of the molecule is CC1C=CCCC1C(C)(OC(=O)C(=O)[O-])C1CC=CCC1C. The number of allylic oxidation sites excluding steroid dienone is 4. The molecule has 0 aromatic carbocycles. The predicted molar refractivity (Wildman–Crippen MR) is 81.6 cm³/mol. The molecule has 0 amide bonds. The van der Waals surface area contributed by atoms with Crippen molar-refractivity contribution >= 4 is 11.9 Å². The first-order valence-electron chi connectivity index (χ1n) is 8.12. The van der Waals surface area contributed by atoms with Crippen molar-refractivity contribution in [2.75, 3.05) is 0 Å². The van der Waals surface area contributed by atoms with E-state index in [1.165, 1.54) is 0 Å². The minimum absolute atomic E-state index is 0.125. The van der Waals surface area contributed by atoms with Crippen molar-refractivity contribution < 1.29 is 19.4 Å². The van der Waals surface area contributed by atoms with Gasteiger partial charge in [0.1, 0.15) is 5.60 Å². The molecule has 0 aromatic heterocycles. The Morgan fingerprint density at radius 3 is 2.41 bits per heavy atom. The van der Waals surface area contributed by atoms with Crippen LogP contribution in [-0.2, 0) is 14.3 Å². The van der Waals surface area contributed by atoms with Gasteiger partial charge in [-0.2, -0.15) is 0 Å². The van der Waals surface area contributed by atoms with Gasteiger partial charge >= 0.3 is 5.97 Å². The summed E-state index contributed by atoms with van der Waals surface area (Å²) in [4.78, 5) is 22.6. The van der Waals surface area contributed by atoms with E-state index in [0.717, 1.165) is 25.7 Å². The molecule has 122 valence electrons. The molecule has 0 N–H and O–H groups in total. The van der Waals surface area contributed by atoms with Gasteiger partial charge in [-0.1, -0.05) is 38.2 Å². The van der Waals surface area contributed by atoms with E-state index in [4.69, 9.17) is 4.74 Å². The van der Waals surface area contributed by atoms with Gasteiger partial charge in [-0.25, -0.2) is 4.79 Å². The number of carbonyl (C=O) groups is 2. The number of esters is 1. The molecule has 2 aliphatic rings. The highest BCUT2D eigenvalue weighted by Gasteiger charge is 2.48. The van der Waals surface area contributed by atoms with E-state index in [-0.39, 0.29) is 17.8 Å². The number of rotatable bonds is 3. The number of carboxylic acids is 1. The summed E-state index contributed by atoms with van der Waals surface area (Å²) in [6.45, 7) is 6.16. The van der Waals surface area contributed by atoms with Crippen molar-refractivity contribution in [1.82, 2.24) is 0 Å². The lowest BCUT2D eigenvalue weighted by atomic mass is 9.63. The van der Waals surface area contributed by atoms with Crippen molar-refractivity contribution in [3.05, 3.63) is 24.3 Å². The maximum absolute atomic E-state index is 11.7. The smallest absolute Gasteiger partial charge is 0.354 e. The minimum Gasteiger partial charge on any atom is -0.539 e. The zero-order valence-electron chi connectivity index (χ0n) is 13.6. The van der Waals surface area contributed by atoms with Crippen molar-refractivity contribution in [1.29, 1.82) is 0 Å². The molecular weight excluding hydrogens is 280 g/mol. The van der Waals surface area contributed by atoms with E-state index in [1.54, 1.807) is 0 Å². The second-order valence-corrected chi connectivity index (χ2v) is 6.86. The summed E-state index contributed by atoms with van der Waals surface area (Å²) >= 11 is 0. The molecule has 4 heteroatoms. The van der Waals surface area contributed by atoms with Crippen LogP contribution in [0.15, 0.2) is 24.3 Å². The summed E-state index contributed by atoms with van der Waals surface area (Å²) in [6.07, 6.45) is 12.1. The van der Waals surface area contributed by atoms with Crippen molar-refractivity contribution in [2.24, 2.45) is 23.7 Å². The lowest BCUT2D eigenvalue weighted by Crippen LogP contribution is -2.53. The highest BCUT2D eigenvalue weighted by Crippen LogP contribution is 2.46. The van der Waals surface area contributed by atoms with E-state index < -0.39 is 17.5 Å². The quantitative estimate of drug-likeness (QED) is 0.455. The van der Waals surface area contributed by atoms with Gasteiger partial charge in [0.05, 0.1) is 0 Å². The molecule has 2 rings (SSSR count). The van der Waals surface area contributed by atoms with Gasteiger partial charge in [-0.15, -0.1) is 0 Å². The van der Waals surface area contributed by atoms with Crippen LogP contribution in [0.5, 0.6) is 0 Å². The summed E-state index contributed by atoms with van der Waals surface area (Å²) in [5.74, 6) is -2.15. The molecule has 0 heterocycles. The van der Waals surface area contributed by atoms with Crippen LogP contribution in [-0.4, -0.2) is 17.5 Å². The number of carboxylic acid groups (broad SMARTS) is 1. The molecule has 0 saturated carbocycles. The van der Waals surface area contributed by atoms with Gasteiger partial charge in [0.25, 0.3) is 0 Å². The van der Waals surface area contributed by atoms with Crippen LogP contribution in [0.3, 0.4) is 0 Å². The fourth-order valence-electron chi connectivity index (χ4n) is 4.21. The Balaban J connectivity index is 2.34. The normalized spacial score (nSPS) is 34.0. The number of aliphatic carboxylic acids is 1. The van der Waals surface area contributed by atoms with Crippen molar-refractivity contribution in [3.8, 4) is 0 Å². The second kappa shape index (κ2) is 6.67. The molecule has 0 spiro atoms. The predicted octanol–water partition coefficient (Wildman–Crippen LogP) is 2.24. The van der Waals surface area contributed by atoms with Crippen LogP contribution in [0.4, 0.5) is 0 Å². The Labute approximate surface area is 132 Å². The number of hydrogen-bond donors (Lipinski definition) is 0. The Kier molecular flexibility index (Phi) is 5.09. The summed E-state index contributed by atoms with van der Waals surface area (Å²) in [6, 6.07) is 0. The summed E-state index contributed by atoms with van der Waals surface area (Å²) < 4.78 is 5.55. The van der Waals surface area contributed by atoms with E-state index in [2.05, 4.69) is 38.2 Å². The molecular formula is C18H25O4-. The third-order valence-corrected chi connectivity index (χ3v) is 5.42. The topological polar surface area (TPSA) is 66.4 Å². The molecule has 0 radical (unpaired) electrons. The average Bonchev–Trinajstić information content (AvgIpc) is 2.47. The van der Waals surface area contributed by atoms with Gasteiger partial charge in [-0.05, 0) is 44.4 Å². The van der Waals surface area contributed by atoms with Gasteiger partial charge in [0.15, 0.2) is 5.97 Å². The summed E-state index contributed by atoms with van der Waals surface area (Å²) in [5, 5.41) is 10.9. The fraction of sp³-hybridized carbons (Fsp3) is 0.667. The third kappa shape index (κ3) is 3.26. The molecule has 0 saturated heterocycles. The summed E-state index contributed by atoms with van der Waals surface area (Å²) in [7, 11) is 0. The largest absolute Gasteiger partial charge is 0.539 e. The molecule has 5 atom stereocenters. The molecule has 2 aliphatic carbocycles. The van der Waals surface area contributed by atoms with Gasteiger partial charge < -0.3 is 14.6 Å². The molecule has 0 aliphatic heterocycles. The maximum atomic E-state index is 11.7. The fourth-order valence-corrected chi connectivity index (χ4v) is 4.21. The number of carbonyl (C=O) groups excluding carboxylic acids is 2. The summed E-state index contributed by atoms with van der Waals surface area (Å²) in [5.41, 5.74) is -0.786. The van der Waals surface area contributed by atoms with Crippen LogP contribution >= 0.6 is 0 Å². The van der Waals surface area contributed by atoms with Gasteiger partial charge in [-0.3, -0.25) is 0 Å². The highest BCUT2D eigenvalue weighted by atomic mass is 16.6. The highest BCUT2D eigenvalue weighted by molar-refractivity contribution is 6.27. The Hall–Kier alpha value is -1.58. The second-order valence-electron chi connectivity index (χ2n) is 6.86. The number of ether oxygens (including phenoxy) is 1. The van der Waals surface area contributed by atoms with E-state index in [0.29, 0.717) is 5.92 Å². The zero-order chi connectivity index (χ0) is 16.3. The first kappa shape index (κ1) is 16.8. The Bertz CT molecular complexity index is 489. The monoisotopic (exact) mass is 305 g/mol. The minimum atomic E-state index is -1.76. The van der Waals surface area contributed by atoms with Crippen molar-refractivity contribution in [2.45, 2.75) is 52.1 Å². The zero-order valence-corrected chi connectivity index (χ0v) is 13.6. The van der Waals surface area contributed by atoms with E-state index in [9.17, 15) is 14.7 Å². The van der Waals surface area contributed by atoms with E-state index >= 15 is 0 Å². The molecule has 0 fully saturated rings. The first-order valence-corrected chi connectivity index (χ1v) is 8.12. The lowest BCUT2D eigenvalue weighted by Gasteiger charge is -2.48. The molecule has 0 bridgehead atoms. The van der Waals surface area contributed by atoms with Crippen LogP contribution in [0.2, 0.25) is 0 Å². The van der Waals surface area contributed by atoms with Crippen LogP contribution in [0.25, 0.3) is 0 Å². The lowest BCUT2D eigenvalue weighted by molar-refractivity contribution is -0.306. The standard InChI is InChI=1S/C18H26O4/c1-12-8-4-6-10-14(12)18(3,22-17(21)16(19)20)15-11-7-5-9-13(15)2/h4-6,9,12-15H,7-8,10-11H2,1-3H3,(H,19,20)/p-1. The Morgan fingerprint density at radius 2 is 1.82 bits per heavy atom. The third-order valence-electron chi connectivity index (χ3n) is 5.42. The molecule has 5 unspecified atom stereocenters. The Morgan fingerprint density at radius 1 is 1.14 bits per heavy atom. The van der Waals surface area contributed by atoms with Crippen LogP contribution in [0, 0.1) is 23.7 Å². The van der Waals surface area contributed by atoms with Crippen LogP contribution < -0.4 is 5.11 Å². The van der Waals surface area contributed by atoms with E-state index in [1.807, 2.05) is 6.92 Å². The molecule has 22 heavy (non-hydrogen) atoms. The first-order chi connectivity index (χ1) is 10.4. The average molecular weight is 305 g/mol.